The first kappa shape index (κ1) is 16.6. The van der Waals surface area contributed by atoms with Gasteiger partial charge in [-0.1, -0.05) is 13.8 Å². The average Bonchev–Trinajstić information content (AvgIpc) is 2.33. The number of aromatic nitrogens is 1. The quantitative estimate of drug-likeness (QED) is 0.758. The third-order valence-electron chi connectivity index (χ3n) is 2.46. The number of nitrogens with zero attached hydrogens (tertiary/aromatic N) is 1. The zero-order chi connectivity index (χ0) is 15.2. The molecule has 0 saturated heterocycles. The van der Waals surface area contributed by atoms with Crippen molar-refractivity contribution in [1.29, 1.82) is 0 Å². The van der Waals surface area contributed by atoms with Crippen molar-refractivity contribution in [3.05, 3.63) is 18.0 Å². The number of halogens is 3. The fourth-order valence-electron chi connectivity index (χ4n) is 1.49. The lowest BCUT2D eigenvalue weighted by Crippen LogP contribution is -2.12. The van der Waals surface area contributed by atoms with Gasteiger partial charge in [0.15, 0.2) is 0 Å². The molecule has 0 radical (unpaired) electrons. The monoisotopic (exact) mass is 291 g/mol. The van der Waals surface area contributed by atoms with Gasteiger partial charge < -0.3 is 15.8 Å². The maximum Gasteiger partial charge on any atom is 0.433 e. The standard InChI is InChI=1S/C13H20F3N3O/c1-9(2)8-20-5-3-4-18-11-6-12(13(14,15)16)19-7-10(11)17/h6-7,9H,3-5,8,17H2,1-2H3,(H,18,19). The number of hydrogen-bond acceptors (Lipinski definition) is 4. The summed E-state index contributed by atoms with van der Waals surface area (Å²) in [6.07, 6.45) is -2.76. The molecule has 1 rings (SSSR count). The van der Waals surface area contributed by atoms with Crippen LogP contribution in [0.5, 0.6) is 0 Å². The molecule has 0 aliphatic rings. The third kappa shape index (κ3) is 5.64. The second kappa shape index (κ2) is 7.33. The predicted molar refractivity (Wildman–Crippen MR) is 72.4 cm³/mol. The third-order valence-corrected chi connectivity index (χ3v) is 2.46. The van der Waals surface area contributed by atoms with Crippen LogP contribution >= 0.6 is 0 Å². The molecule has 0 saturated carbocycles. The number of ether oxygens (including phenoxy) is 1. The summed E-state index contributed by atoms with van der Waals surface area (Å²) in [6.45, 7) is 5.82. The van der Waals surface area contributed by atoms with Gasteiger partial charge in [0.2, 0.25) is 0 Å². The molecule has 3 N–H and O–H groups in total. The van der Waals surface area contributed by atoms with Crippen LogP contribution in [0.25, 0.3) is 0 Å². The number of rotatable bonds is 7. The molecule has 7 heteroatoms. The molecule has 4 nitrogen and oxygen atoms in total. The number of alkyl halides is 3. The SMILES string of the molecule is CC(C)COCCCNc1cc(C(F)(F)F)ncc1N. The van der Waals surface area contributed by atoms with Crippen LogP contribution in [0.4, 0.5) is 24.5 Å². The van der Waals surface area contributed by atoms with Crippen molar-refractivity contribution < 1.29 is 17.9 Å². The smallest absolute Gasteiger partial charge is 0.396 e. The summed E-state index contributed by atoms with van der Waals surface area (Å²) in [7, 11) is 0. The van der Waals surface area contributed by atoms with Gasteiger partial charge in [-0.25, -0.2) is 4.98 Å². The van der Waals surface area contributed by atoms with Gasteiger partial charge in [-0.3, -0.25) is 0 Å². The van der Waals surface area contributed by atoms with Crippen LogP contribution in [0.3, 0.4) is 0 Å². The van der Waals surface area contributed by atoms with Crippen LogP contribution in [-0.2, 0) is 10.9 Å². The zero-order valence-electron chi connectivity index (χ0n) is 11.6. The molecule has 0 atom stereocenters. The lowest BCUT2D eigenvalue weighted by molar-refractivity contribution is -0.141. The van der Waals surface area contributed by atoms with E-state index in [0.29, 0.717) is 32.1 Å². The topological polar surface area (TPSA) is 60.2 Å². The maximum atomic E-state index is 12.5. The van der Waals surface area contributed by atoms with Crippen LogP contribution in [-0.4, -0.2) is 24.7 Å². The van der Waals surface area contributed by atoms with Gasteiger partial charge in [-0.2, -0.15) is 13.2 Å². The highest BCUT2D eigenvalue weighted by molar-refractivity contribution is 5.65. The second-order valence-electron chi connectivity index (χ2n) is 4.90. The summed E-state index contributed by atoms with van der Waals surface area (Å²) in [4.78, 5) is 3.27. The van der Waals surface area contributed by atoms with Crippen molar-refractivity contribution in [2.24, 2.45) is 5.92 Å². The number of pyridine rings is 1. The normalized spacial score (nSPS) is 11.9. The van der Waals surface area contributed by atoms with Crippen molar-refractivity contribution in [1.82, 2.24) is 4.98 Å². The van der Waals surface area contributed by atoms with E-state index in [0.717, 1.165) is 12.3 Å². The van der Waals surface area contributed by atoms with E-state index in [2.05, 4.69) is 24.1 Å². The van der Waals surface area contributed by atoms with Gasteiger partial charge in [0.05, 0.1) is 17.6 Å². The molecule has 0 amide bonds. The Kier molecular flexibility index (Phi) is 6.06. The van der Waals surface area contributed by atoms with E-state index < -0.39 is 11.9 Å². The fraction of sp³-hybridized carbons (Fsp3) is 0.615. The molecule has 0 aliphatic carbocycles. The Morgan fingerprint density at radius 3 is 2.70 bits per heavy atom. The summed E-state index contributed by atoms with van der Waals surface area (Å²) < 4.78 is 42.9. The molecular weight excluding hydrogens is 271 g/mol. The number of nitrogens with two attached hydrogens (primary N) is 1. The summed E-state index contributed by atoms with van der Waals surface area (Å²) in [6, 6.07) is 0.921. The highest BCUT2D eigenvalue weighted by atomic mass is 19.4. The van der Waals surface area contributed by atoms with Gasteiger partial charge in [-0.05, 0) is 18.4 Å². The Bertz CT molecular complexity index is 422. The molecule has 114 valence electrons. The van der Waals surface area contributed by atoms with Gasteiger partial charge >= 0.3 is 6.18 Å². The summed E-state index contributed by atoms with van der Waals surface area (Å²) >= 11 is 0. The van der Waals surface area contributed by atoms with E-state index in [1.165, 1.54) is 0 Å². The predicted octanol–water partition coefficient (Wildman–Crippen LogP) is 3.16. The van der Waals surface area contributed by atoms with Crippen LogP contribution in [0, 0.1) is 5.92 Å². The van der Waals surface area contributed by atoms with Crippen molar-refractivity contribution in [2.75, 3.05) is 30.8 Å². The van der Waals surface area contributed by atoms with Gasteiger partial charge in [0, 0.05) is 19.8 Å². The molecular formula is C13H20F3N3O. The van der Waals surface area contributed by atoms with Crippen molar-refractivity contribution in [3.8, 4) is 0 Å². The van der Waals surface area contributed by atoms with Gasteiger partial charge in [-0.15, -0.1) is 0 Å². The summed E-state index contributed by atoms with van der Waals surface area (Å²) in [5.74, 6) is 0.466. The molecule has 0 bridgehead atoms. The molecule has 20 heavy (non-hydrogen) atoms. The summed E-state index contributed by atoms with van der Waals surface area (Å²) in [5, 5.41) is 2.87. The Balaban J connectivity index is 2.43. The lowest BCUT2D eigenvalue weighted by atomic mass is 10.2. The van der Waals surface area contributed by atoms with Gasteiger partial charge in [0.25, 0.3) is 0 Å². The van der Waals surface area contributed by atoms with Crippen molar-refractivity contribution >= 4 is 11.4 Å². The first-order chi connectivity index (χ1) is 9.30. The summed E-state index contributed by atoms with van der Waals surface area (Å²) in [5.41, 5.74) is 5.08. The molecule has 0 fully saturated rings. The Morgan fingerprint density at radius 2 is 2.10 bits per heavy atom. The number of nitrogen functional groups attached to an aromatic ring is 1. The van der Waals surface area contributed by atoms with E-state index in [9.17, 15) is 13.2 Å². The first-order valence-corrected chi connectivity index (χ1v) is 6.45. The average molecular weight is 291 g/mol. The fourth-order valence-corrected chi connectivity index (χ4v) is 1.49. The van der Waals surface area contributed by atoms with E-state index in [1.54, 1.807) is 0 Å². The van der Waals surface area contributed by atoms with E-state index >= 15 is 0 Å². The lowest BCUT2D eigenvalue weighted by Gasteiger charge is -2.12. The van der Waals surface area contributed by atoms with E-state index in [-0.39, 0.29) is 11.4 Å². The molecule has 0 unspecified atom stereocenters. The minimum absolute atomic E-state index is 0.195. The molecule has 1 aromatic rings. The Labute approximate surface area is 116 Å². The molecule has 1 heterocycles. The maximum absolute atomic E-state index is 12.5. The molecule has 0 spiro atoms. The van der Waals surface area contributed by atoms with E-state index in [4.69, 9.17) is 10.5 Å². The molecule has 1 aromatic heterocycles. The van der Waals surface area contributed by atoms with Crippen molar-refractivity contribution in [2.45, 2.75) is 26.4 Å². The molecule has 0 aliphatic heterocycles. The minimum atomic E-state index is -4.47. The zero-order valence-corrected chi connectivity index (χ0v) is 11.6. The number of anilines is 2. The van der Waals surface area contributed by atoms with Gasteiger partial charge in [0.1, 0.15) is 5.69 Å². The van der Waals surface area contributed by atoms with Crippen LogP contribution in [0.1, 0.15) is 26.0 Å². The Morgan fingerprint density at radius 1 is 1.40 bits per heavy atom. The highest BCUT2D eigenvalue weighted by Gasteiger charge is 2.32. The highest BCUT2D eigenvalue weighted by Crippen LogP contribution is 2.30. The van der Waals surface area contributed by atoms with E-state index in [1.807, 2.05) is 0 Å². The number of nitrogens with one attached hydrogen (secondary N) is 1. The van der Waals surface area contributed by atoms with Crippen LogP contribution in [0.2, 0.25) is 0 Å². The minimum Gasteiger partial charge on any atom is -0.396 e. The first-order valence-electron chi connectivity index (χ1n) is 6.45. The second-order valence-corrected chi connectivity index (χ2v) is 4.90. The van der Waals surface area contributed by atoms with Crippen LogP contribution < -0.4 is 11.1 Å². The molecule has 0 aromatic carbocycles. The largest absolute Gasteiger partial charge is 0.433 e. The van der Waals surface area contributed by atoms with Crippen LogP contribution in [0.15, 0.2) is 12.3 Å². The number of hydrogen-bond donors (Lipinski definition) is 2. The van der Waals surface area contributed by atoms with Crippen molar-refractivity contribution in [3.63, 3.8) is 0 Å². The Hall–Kier alpha value is -1.50.